The maximum Gasteiger partial charge on any atom is 0.336 e. The number of likely N-dealkylation sites (tertiary alicyclic amines) is 1. The van der Waals surface area contributed by atoms with Gasteiger partial charge in [-0.1, -0.05) is 18.3 Å². The highest BCUT2D eigenvalue weighted by Crippen LogP contribution is 2.36. The molecule has 11 nitrogen and oxygen atoms in total. The maximum absolute atomic E-state index is 13.8. The minimum atomic E-state index is -1.19. The van der Waals surface area contributed by atoms with Crippen molar-refractivity contribution in [3.63, 3.8) is 0 Å². The third-order valence-corrected chi connectivity index (χ3v) is 9.43. The molecule has 0 unspecified atom stereocenters. The molecule has 2 aliphatic rings. The maximum atomic E-state index is 13.8. The summed E-state index contributed by atoms with van der Waals surface area (Å²) >= 11 is 1.40. The standard InChI is InChI=1S/C30H37FN6O5S/c1-4-21-6-5-11-37(21)18-24-26(19-7-8-23(41-2)20(14-19)15-31)34-29(43-24)35-27(38)22-16-33-25(17-32-22)36-12-9-30(42-3,10-13-36)28(39)40/h7-8,14,16-17,21H,4-6,9-13,15,18H2,1-3H3,(H,39,40)(H,34,35,38)/t21-/m1/s1. The van der Waals surface area contributed by atoms with Crippen LogP contribution in [0.15, 0.2) is 30.6 Å². The number of halogens is 1. The molecule has 2 N–H and O–H groups in total. The molecule has 13 heteroatoms. The first-order valence-corrected chi connectivity index (χ1v) is 15.3. The number of carboxylic acid groups (broad SMARTS) is 1. The number of benzene rings is 1. The number of aromatic nitrogens is 3. The zero-order valence-corrected chi connectivity index (χ0v) is 25.5. The van der Waals surface area contributed by atoms with Gasteiger partial charge in [0.1, 0.15) is 23.9 Å². The molecule has 0 radical (unpaired) electrons. The molecule has 43 heavy (non-hydrogen) atoms. The predicted octanol–water partition coefficient (Wildman–Crippen LogP) is 4.77. The topological polar surface area (TPSA) is 130 Å². The summed E-state index contributed by atoms with van der Waals surface area (Å²) in [6.07, 6.45) is 6.91. The van der Waals surface area contributed by atoms with Gasteiger partial charge in [0, 0.05) is 61.6 Å². The summed E-state index contributed by atoms with van der Waals surface area (Å²) in [5.74, 6) is -0.374. The summed E-state index contributed by atoms with van der Waals surface area (Å²) in [5.41, 5.74) is 0.848. The normalized spacial score (nSPS) is 18.5. The van der Waals surface area contributed by atoms with Crippen LogP contribution < -0.4 is 15.0 Å². The van der Waals surface area contributed by atoms with E-state index >= 15 is 0 Å². The molecule has 1 amide bonds. The van der Waals surface area contributed by atoms with Crippen molar-refractivity contribution < 1.29 is 28.6 Å². The minimum absolute atomic E-state index is 0.130. The lowest BCUT2D eigenvalue weighted by Gasteiger charge is -2.38. The first kappa shape index (κ1) is 30.8. The van der Waals surface area contributed by atoms with Crippen LogP contribution >= 0.6 is 11.3 Å². The van der Waals surface area contributed by atoms with Crippen LogP contribution in [0.5, 0.6) is 5.75 Å². The van der Waals surface area contributed by atoms with Gasteiger partial charge >= 0.3 is 5.97 Å². The summed E-state index contributed by atoms with van der Waals surface area (Å²) in [4.78, 5) is 43.7. The van der Waals surface area contributed by atoms with Crippen molar-refractivity contribution in [3.8, 4) is 17.0 Å². The van der Waals surface area contributed by atoms with Crippen LogP contribution in [0.1, 0.15) is 60.0 Å². The fourth-order valence-corrected chi connectivity index (χ4v) is 6.89. The van der Waals surface area contributed by atoms with E-state index in [4.69, 9.17) is 14.5 Å². The van der Waals surface area contributed by atoms with E-state index in [1.54, 1.807) is 12.1 Å². The zero-order valence-electron chi connectivity index (χ0n) is 24.6. The molecule has 5 rings (SSSR count). The van der Waals surface area contributed by atoms with Gasteiger partial charge in [-0.05, 0) is 44.0 Å². The summed E-state index contributed by atoms with van der Waals surface area (Å²) in [5, 5.41) is 12.8. The highest BCUT2D eigenvalue weighted by Gasteiger charge is 2.42. The molecule has 0 saturated carbocycles. The molecule has 0 spiro atoms. The Morgan fingerprint density at radius 1 is 1.19 bits per heavy atom. The molecule has 4 heterocycles. The quantitative estimate of drug-likeness (QED) is 0.312. The van der Waals surface area contributed by atoms with E-state index in [1.165, 1.54) is 38.0 Å². The second-order valence-corrected chi connectivity index (χ2v) is 11.9. The van der Waals surface area contributed by atoms with Gasteiger partial charge < -0.3 is 19.5 Å². The Morgan fingerprint density at radius 2 is 1.98 bits per heavy atom. The van der Waals surface area contributed by atoms with Crippen LogP contribution in [0, 0.1) is 0 Å². The largest absolute Gasteiger partial charge is 0.496 e. The summed E-state index contributed by atoms with van der Waals surface area (Å²) in [7, 11) is 2.93. The first-order chi connectivity index (χ1) is 20.8. The third kappa shape index (κ3) is 6.48. The van der Waals surface area contributed by atoms with Gasteiger partial charge in [-0.15, -0.1) is 0 Å². The zero-order chi connectivity index (χ0) is 30.6. The fraction of sp³-hybridized carbons (Fsp3) is 0.500. The van der Waals surface area contributed by atoms with Crippen LogP contribution in [0.25, 0.3) is 11.3 Å². The summed E-state index contributed by atoms with van der Waals surface area (Å²) in [6, 6.07) is 5.85. The molecule has 2 saturated heterocycles. The number of alkyl halides is 1. The third-order valence-electron chi connectivity index (χ3n) is 8.48. The molecule has 0 aliphatic carbocycles. The van der Waals surface area contributed by atoms with Crippen LogP contribution in [-0.2, 0) is 22.8 Å². The van der Waals surface area contributed by atoms with Gasteiger partial charge in [0.25, 0.3) is 5.91 Å². The average molecular weight is 613 g/mol. The Kier molecular flexibility index (Phi) is 9.52. The van der Waals surface area contributed by atoms with Gasteiger partial charge in [-0.3, -0.25) is 15.0 Å². The lowest BCUT2D eigenvalue weighted by atomic mass is 9.91. The van der Waals surface area contributed by atoms with E-state index in [-0.39, 0.29) is 5.69 Å². The number of rotatable bonds is 11. The summed E-state index contributed by atoms with van der Waals surface area (Å²) in [6.45, 7) is 4.10. The molecule has 1 aromatic carbocycles. The van der Waals surface area contributed by atoms with E-state index in [2.05, 4.69) is 27.1 Å². The highest BCUT2D eigenvalue weighted by molar-refractivity contribution is 7.16. The fourth-order valence-electron chi connectivity index (χ4n) is 5.88. The number of aliphatic carboxylic acids is 1. The van der Waals surface area contributed by atoms with E-state index in [0.717, 1.165) is 36.2 Å². The first-order valence-electron chi connectivity index (χ1n) is 14.4. The number of nitrogens with one attached hydrogen (secondary N) is 1. The second kappa shape index (κ2) is 13.3. The molecule has 1 atom stereocenters. The van der Waals surface area contributed by atoms with E-state index in [1.807, 2.05) is 11.0 Å². The number of piperidine rings is 1. The van der Waals surface area contributed by atoms with Gasteiger partial charge in [0.05, 0.1) is 25.2 Å². The number of ether oxygens (including phenoxy) is 2. The number of amides is 1. The summed E-state index contributed by atoms with van der Waals surface area (Å²) < 4.78 is 24.4. The van der Waals surface area contributed by atoms with Gasteiger partial charge in [0.2, 0.25) is 0 Å². The number of hydrogen-bond donors (Lipinski definition) is 2. The van der Waals surface area contributed by atoms with Gasteiger partial charge in [-0.25, -0.2) is 24.1 Å². The molecular weight excluding hydrogens is 575 g/mol. The molecule has 0 bridgehead atoms. The van der Waals surface area contributed by atoms with Crippen LogP contribution in [0.2, 0.25) is 0 Å². The van der Waals surface area contributed by atoms with Crippen molar-refractivity contribution in [1.82, 2.24) is 19.9 Å². The SMILES string of the molecule is CC[C@@H]1CCCN1Cc1sc(NC(=O)c2cnc(N3CCC(OC)(C(=O)O)CC3)cn2)nc1-c1ccc(OC)c(CF)c1. The molecular formula is C30H37FN6O5S. The number of nitrogens with zero attached hydrogens (tertiary/aromatic N) is 5. The van der Waals surface area contributed by atoms with E-state index in [9.17, 15) is 19.1 Å². The predicted molar refractivity (Wildman–Crippen MR) is 161 cm³/mol. The Hall–Kier alpha value is -3.68. The molecule has 2 aliphatic heterocycles. The average Bonchev–Trinajstić information content (AvgIpc) is 3.67. The lowest BCUT2D eigenvalue weighted by molar-refractivity contribution is -0.164. The van der Waals surface area contributed by atoms with Crippen LogP contribution in [0.3, 0.4) is 0 Å². The number of hydrogen-bond acceptors (Lipinski definition) is 10. The number of anilines is 2. The second-order valence-electron chi connectivity index (χ2n) is 10.8. The monoisotopic (exact) mass is 612 g/mol. The van der Waals surface area contributed by atoms with Gasteiger partial charge in [-0.2, -0.15) is 0 Å². The van der Waals surface area contributed by atoms with Crippen molar-refractivity contribution in [3.05, 3.63) is 46.7 Å². The molecule has 2 fully saturated rings. The Balaban J connectivity index is 1.33. The van der Waals surface area contributed by atoms with Crippen LogP contribution in [0.4, 0.5) is 15.3 Å². The van der Waals surface area contributed by atoms with Crippen molar-refractivity contribution >= 4 is 34.2 Å². The Bertz CT molecular complexity index is 1440. The lowest BCUT2D eigenvalue weighted by Crippen LogP contribution is -2.51. The molecule has 2 aromatic heterocycles. The van der Waals surface area contributed by atoms with Gasteiger partial charge in [0.15, 0.2) is 10.7 Å². The number of carboxylic acids is 1. The van der Waals surface area contributed by atoms with E-state index < -0.39 is 24.2 Å². The number of methoxy groups -OCH3 is 2. The number of thiazole rings is 1. The Morgan fingerprint density at radius 3 is 2.60 bits per heavy atom. The number of carbonyl (C=O) groups is 2. The van der Waals surface area contributed by atoms with E-state index in [0.29, 0.717) is 66.5 Å². The minimum Gasteiger partial charge on any atom is -0.496 e. The Labute approximate surface area is 254 Å². The molecule has 3 aromatic rings. The van der Waals surface area contributed by atoms with Crippen molar-refractivity contribution in [2.75, 3.05) is 44.1 Å². The highest BCUT2D eigenvalue weighted by atomic mass is 32.1. The smallest absolute Gasteiger partial charge is 0.336 e. The van der Waals surface area contributed by atoms with Crippen molar-refractivity contribution in [2.24, 2.45) is 0 Å². The van der Waals surface area contributed by atoms with Crippen molar-refractivity contribution in [1.29, 1.82) is 0 Å². The molecule has 230 valence electrons. The van der Waals surface area contributed by atoms with Crippen molar-refractivity contribution in [2.45, 2.75) is 63.9 Å². The number of carbonyl (C=O) groups excluding carboxylic acids is 1. The van der Waals surface area contributed by atoms with Crippen LogP contribution in [-0.4, -0.2) is 82.3 Å².